The van der Waals surface area contributed by atoms with Gasteiger partial charge in [-0.25, -0.2) is 4.79 Å². The molecule has 25 heavy (non-hydrogen) atoms. The number of rotatable bonds is 3. The molecule has 0 spiro atoms. The summed E-state index contributed by atoms with van der Waals surface area (Å²) >= 11 is 6.05. The molecule has 126 valence electrons. The van der Waals surface area contributed by atoms with Crippen molar-refractivity contribution in [1.29, 1.82) is 0 Å². The Morgan fingerprint density at radius 2 is 1.84 bits per heavy atom. The van der Waals surface area contributed by atoms with E-state index in [2.05, 4.69) is 0 Å². The summed E-state index contributed by atoms with van der Waals surface area (Å²) in [6.45, 7) is 1.72. The van der Waals surface area contributed by atoms with Crippen molar-refractivity contribution in [3.8, 4) is 0 Å². The topological polar surface area (TPSA) is 46.6 Å². The Morgan fingerprint density at radius 1 is 1.12 bits per heavy atom. The fraction of sp³-hybridized carbons (Fsp3) is 0.100. The molecule has 3 rings (SSSR count). The molecule has 0 radical (unpaired) electrons. The Kier molecular flexibility index (Phi) is 4.72. The first-order valence-electron chi connectivity index (χ1n) is 7.69. The normalized spacial score (nSPS) is 15.9. The fourth-order valence-electron chi connectivity index (χ4n) is 2.82. The van der Waals surface area contributed by atoms with Gasteiger partial charge in [-0.15, -0.1) is 0 Å². The van der Waals surface area contributed by atoms with Crippen LogP contribution in [0.25, 0.3) is 6.08 Å². The van der Waals surface area contributed by atoms with Crippen LogP contribution in [0.1, 0.15) is 12.5 Å². The molecule has 0 saturated heterocycles. The second-order valence-electron chi connectivity index (χ2n) is 5.54. The number of allylic oxidation sites excluding steroid dienone is 1. The Bertz CT molecular complexity index is 900. The number of halogens is 1. The van der Waals surface area contributed by atoms with Gasteiger partial charge in [0.15, 0.2) is 0 Å². The van der Waals surface area contributed by atoms with Crippen molar-refractivity contribution >= 4 is 35.2 Å². The molecular formula is C20H16ClNO3. The third-order valence-electron chi connectivity index (χ3n) is 3.97. The molecule has 0 saturated carbocycles. The molecule has 2 aromatic rings. The highest BCUT2D eigenvalue weighted by molar-refractivity contribution is 6.31. The summed E-state index contributed by atoms with van der Waals surface area (Å²) in [5.74, 6) is -0.832. The van der Waals surface area contributed by atoms with Gasteiger partial charge in [0.25, 0.3) is 5.91 Å². The van der Waals surface area contributed by atoms with E-state index in [1.54, 1.807) is 37.3 Å². The predicted molar refractivity (Wildman–Crippen MR) is 98.1 cm³/mol. The zero-order valence-electron chi connectivity index (χ0n) is 13.8. The molecule has 5 heteroatoms. The molecule has 1 heterocycles. The predicted octanol–water partition coefficient (Wildman–Crippen LogP) is 4.22. The molecule has 1 amide bonds. The fourth-order valence-corrected chi connectivity index (χ4v) is 3.01. The maximum atomic E-state index is 13.0. The molecule has 0 bridgehead atoms. The van der Waals surface area contributed by atoms with E-state index >= 15 is 0 Å². The number of esters is 1. The molecule has 0 N–H and O–H groups in total. The van der Waals surface area contributed by atoms with Gasteiger partial charge in [0.1, 0.15) is 0 Å². The van der Waals surface area contributed by atoms with E-state index in [-0.39, 0.29) is 11.5 Å². The number of methoxy groups -OCH3 is 1. The van der Waals surface area contributed by atoms with Gasteiger partial charge < -0.3 is 4.74 Å². The molecule has 2 aromatic carbocycles. The minimum Gasteiger partial charge on any atom is -0.465 e. The van der Waals surface area contributed by atoms with Crippen LogP contribution in [0.2, 0.25) is 5.02 Å². The van der Waals surface area contributed by atoms with E-state index in [9.17, 15) is 9.59 Å². The van der Waals surface area contributed by atoms with Gasteiger partial charge in [-0.3, -0.25) is 9.69 Å². The number of ether oxygens (including phenoxy) is 1. The lowest BCUT2D eigenvalue weighted by atomic mass is 10.0. The second kappa shape index (κ2) is 6.95. The van der Waals surface area contributed by atoms with Gasteiger partial charge in [-0.1, -0.05) is 48.0 Å². The second-order valence-corrected chi connectivity index (χ2v) is 5.98. The smallest absolute Gasteiger partial charge is 0.340 e. The zero-order chi connectivity index (χ0) is 18.0. The van der Waals surface area contributed by atoms with E-state index in [0.717, 1.165) is 5.56 Å². The van der Waals surface area contributed by atoms with Gasteiger partial charge in [0.2, 0.25) is 0 Å². The van der Waals surface area contributed by atoms with Crippen LogP contribution >= 0.6 is 11.6 Å². The van der Waals surface area contributed by atoms with Crippen molar-refractivity contribution in [3.05, 3.63) is 82.0 Å². The molecule has 0 fully saturated rings. The third kappa shape index (κ3) is 3.21. The molecule has 0 unspecified atom stereocenters. The summed E-state index contributed by atoms with van der Waals surface area (Å²) in [5, 5.41) is 0.512. The van der Waals surface area contributed by atoms with Crippen LogP contribution in [0.5, 0.6) is 0 Å². The number of hydrogen-bond acceptors (Lipinski definition) is 3. The molecular weight excluding hydrogens is 338 g/mol. The quantitative estimate of drug-likeness (QED) is 0.613. The number of benzene rings is 2. The van der Waals surface area contributed by atoms with Crippen LogP contribution in [0.4, 0.5) is 5.69 Å². The van der Waals surface area contributed by atoms with Crippen LogP contribution in [0.15, 0.2) is 71.4 Å². The highest BCUT2D eigenvalue weighted by atomic mass is 35.5. The number of amides is 1. The van der Waals surface area contributed by atoms with Crippen molar-refractivity contribution in [2.45, 2.75) is 6.92 Å². The van der Waals surface area contributed by atoms with E-state index in [4.69, 9.17) is 16.3 Å². The van der Waals surface area contributed by atoms with E-state index in [1.165, 1.54) is 12.0 Å². The number of nitrogens with zero attached hydrogens (tertiary/aromatic N) is 1. The maximum absolute atomic E-state index is 13.0. The van der Waals surface area contributed by atoms with Crippen molar-refractivity contribution in [2.75, 3.05) is 12.0 Å². The largest absolute Gasteiger partial charge is 0.465 e. The van der Waals surface area contributed by atoms with Crippen LogP contribution < -0.4 is 4.90 Å². The lowest BCUT2D eigenvalue weighted by Gasteiger charge is -2.18. The molecule has 0 atom stereocenters. The Labute approximate surface area is 151 Å². The Morgan fingerprint density at radius 3 is 2.48 bits per heavy atom. The van der Waals surface area contributed by atoms with Crippen LogP contribution in [0, 0.1) is 0 Å². The third-order valence-corrected chi connectivity index (χ3v) is 4.20. The van der Waals surface area contributed by atoms with Crippen molar-refractivity contribution in [1.82, 2.24) is 0 Å². The first kappa shape index (κ1) is 17.0. The monoisotopic (exact) mass is 353 g/mol. The van der Waals surface area contributed by atoms with Gasteiger partial charge in [-0.05, 0) is 36.8 Å². The first-order chi connectivity index (χ1) is 12.0. The SMILES string of the molecule is COC(=O)C1=C(C)N(c2cccc(Cl)c2)C(=O)C1=Cc1ccccc1. The van der Waals surface area contributed by atoms with Crippen molar-refractivity contribution < 1.29 is 14.3 Å². The summed E-state index contributed by atoms with van der Waals surface area (Å²) in [6.07, 6.45) is 1.70. The van der Waals surface area contributed by atoms with Crippen molar-refractivity contribution in [3.63, 3.8) is 0 Å². The maximum Gasteiger partial charge on any atom is 0.340 e. The molecule has 1 aliphatic rings. The summed E-state index contributed by atoms with van der Waals surface area (Å²) in [5.41, 5.74) is 2.51. The van der Waals surface area contributed by atoms with Gasteiger partial charge in [-0.2, -0.15) is 0 Å². The zero-order valence-corrected chi connectivity index (χ0v) is 14.6. The summed E-state index contributed by atoms with van der Waals surface area (Å²) in [6, 6.07) is 16.3. The average Bonchev–Trinajstić information content (AvgIpc) is 2.85. The van der Waals surface area contributed by atoms with E-state index in [1.807, 2.05) is 30.3 Å². The van der Waals surface area contributed by atoms with Gasteiger partial charge in [0.05, 0.1) is 23.9 Å². The highest BCUT2D eigenvalue weighted by Crippen LogP contribution is 2.36. The Hall–Kier alpha value is -2.85. The lowest BCUT2D eigenvalue weighted by Crippen LogP contribution is -2.24. The van der Waals surface area contributed by atoms with E-state index in [0.29, 0.717) is 22.0 Å². The first-order valence-corrected chi connectivity index (χ1v) is 8.07. The summed E-state index contributed by atoms with van der Waals surface area (Å²) < 4.78 is 4.89. The van der Waals surface area contributed by atoms with Crippen LogP contribution in [-0.2, 0) is 14.3 Å². The standard InChI is InChI=1S/C20H16ClNO3/c1-13-18(20(24)25-2)17(11-14-7-4-3-5-8-14)19(23)22(13)16-10-6-9-15(21)12-16/h3-12H,1-2H3. The number of anilines is 1. The van der Waals surface area contributed by atoms with Crippen LogP contribution in [0.3, 0.4) is 0 Å². The minimum atomic E-state index is -0.544. The molecule has 0 aromatic heterocycles. The van der Waals surface area contributed by atoms with Crippen LogP contribution in [-0.4, -0.2) is 19.0 Å². The summed E-state index contributed by atoms with van der Waals surface area (Å²) in [7, 11) is 1.30. The highest BCUT2D eigenvalue weighted by Gasteiger charge is 2.37. The van der Waals surface area contributed by atoms with E-state index < -0.39 is 5.97 Å². The van der Waals surface area contributed by atoms with Crippen molar-refractivity contribution in [2.24, 2.45) is 0 Å². The number of carbonyl (C=O) groups excluding carboxylic acids is 2. The minimum absolute atomic E-state index is 0.260. The average molecular weight is 354 g/mol. The Balaban J connectivity index is 2.15. The summed E-state index contributed by atoms with van der Waals surface area (Å²) in [4.78, 5) is 26.8. The molecule has 0 aliphatic carbocycles. The number of carbonyl (C=O) groups is 2. The molecule has 1 aliphatic heterocycles. The van der Waals surface area contributed by atoms with Gasteiger partial charge in [0, 0.05) is 10.7 Å². The lowest BCUT2D eigenvalue weighted by molar-refractivity contribution is -0.136. The van der Waals surface area contributed by atoms with Gasteiger partial charge >= 0.3 is 5.97 Å². The number of hydrogen-bond donors (Lipinski definition) is 0. The molecule has 4 nitrogen and oxygen atoms in total.